The normalized spacial score (nSPS) is 12.1. The molecule has 484 valence electrons. The van der Waals surface area contributed by atoms with Crippen molar-refractivity contribution in [3.63, 3.8) is 0 Å². The molecule has 0 radical (unpaired) electrons. The van der Waals surface area contributed by atoms with E-state index in [0.717, 1.165) is 83.5 Å². The van der Waals surface area contributed by atoms with E-state index in [1.54, 1.807) is 0 Å². The van der Waals surface area contributed by atoms with Crippen molar-refractivity contribution in [1.29, 1.82) is 0 Å². The van der Waals surface area contributed by atoms with Gasteiger partial charge in [0.25, 0.3) is 0 Å². The van der Waals surface area contributed by atoms with E-state index in [-0.39, 0.29) is 31.1 Å². The van der Waals surface area contributed by atoms with Crippen LogP contribution in [0.2, 0.25) is 0 Å². The summed E-state index contributed by atoms with van der Waals surface area (Å²) in [5, 5.41) is 0. The molecule has 0 N–H and O–H groups in total. The molecular weight excluding hydrogens is 1010 g/mol. The van der Waals surface area contributed by atoms with E-state index in [1.807, 2.05) is 0 Å². The summed E-state index contributed by atoms with van der Waals surface area (Å²) < 4.78 is 17.0. The van der Waals surface area contributed by atoms with Crippen molar-refractivity contribution in [2.45, 2.75) is 431 Å². The molecule has 6 heteroatoms. The minimum Gasteiger partial charge on any atom is -0.462 e. The molecular formula is C76H144O6. The maximum Gasteiger partial charge on any atom is 0.306 e. The first-order valence-electron chi connectivity index (χ1n) is 37.3. The smallest absolute Gasteiger partial charge is 0.306 e. The molecule has 0 aliphatic rings. The fourth-order valence-electron chi connectivity index (χ4n) is 11.6. The lowest BCUT2D eigenvalue weighted by atomic mass is 10.0. The third-order valence-corrected chi connectivity index (χ3v) is 17.2. The van der Waals surface area contributed by atoms with Crippen molar-refractivity contribution in [1.82, 2.24) is 0 Å². The predicted octanol–water partition coefficient (Wildman–Crippen LogP) is 25.7. The quantitative estimate of drug-likeness (QED) is 0.0261. The van der Waals surface area contributed by atoms with Gasteiger partial charge < -0.3 is 14.2 Å². The topological polar surface area (TPSA) is 78.9 Å². The summed E-state index contributed by atoms with van der Waals surface area (Å²) in [6.45, 7) is 6.65. The minimum atomic E-state index is -0.774. The van der Waals surface area contributed by atoms with Gasteiger partial charge in [-0.25, -0.2) is 0 Å². The number of allylic oxidation sites excluding steroid dienone is 4. The Balaban J connectivity index is 4.06. The standard InChI is InChI=1S/C76H144O6/c1-4-7-10-13-16-19-22-25-27-29-30-31-32-33-34-35-36-37-38-39-40-41-42-43-44-45-47-48-51-54-57-60-63-66-69-75(78)81-72-73(71-80-74(77)68-65-62-59-56-53-50-24-21-18-15-12-9-6-3)82-76(79)70-67-64-61-58-55-52-49-46-28-26-23-20-17-14-11-8-5-2/h12,15,21,24,73H,4-11,13-14,16-20,22-23,25-72H2,1-3H3/b15-12-,24-21-. The van der Waals surface area contributed by atoms with E-state index in [0.29, 0.717) is 19.3 Å². The lowest BCUT2D eigenvalue weighted by Crippen LogP contribution is -2.30. The zero-order valence-corrected chi connectivity index (χ0v) is 55.8. The summed E-state index contributed by atoms with van der Waals surface area (Å²) in [7, 11) is 0. The highest BCUT2D eigenvalue weighted by molar-refractivity contribution is 5.71. The predicted molar refractivity (Wildman–Crippen MR) is 358 cm³/mol. The van der Waals surface area contributed by atoms with Gasteiger partial charge >= 0.3 is 17.9 Å². The van der Waals surface area contributed by atoms with E-state index in [2.05, 4.69) is 45.1 Å². The van der Waals surface area contributed by atoms with Gasteiger partial charge in [-0.3, -0.25) is 14.4 Å². The zero-order valence-electron chi connectivity index (χ0n) is 55.8. The molecule has 6 nitrogen and oxygen atoms in total. The summed E-state index contributed by atoms with van der Waals surface area (Å²) in [6, 6.07) is 0. The molecule has 0 bridgehead atoms. The summed E-state index contributed by atoms with van der Waals surface area (Å²) >= 11 is 0. The molecule has 0 aromatic carbocycles. The van der Waals surface area contributed by atoms with Crippen LogP contribution in [0.5, 0.6) is 0 Å². The Morgan fingerprint density at radius 2 is 0.463 bits per heavy atom. The SMILES string of the molecule is CCC/C=C\C/C=C\CCCCCCCC(=O)OCC(COC(=O)CCCCCCCCCCCCCCCCCCCCCCCCCCCCCCCCCCCC)OC(=O)CCCCCCCCCCCCCCCCCCC. The van der Waals surface area contributed by atoms with E-state index in [9.17, 15) is 14.4 Å². The molecule has 1 unspecified atom stereocenters. The van der Waals surface area contributed by atoms with E-state index in [1.165, 1.54) is 302 Å². The van der Waals surface area contributed by atoms with Crippen LogP contribution in [-0.2, 0) is 28.6 Å². The first-order valence-corrected chi connectivity index (χ1v) is 37.3. The zero-order chi connectivity index (χ0) is 59.2. The summed E-state index contributed by atoms with van der Waals surface area (Å²) in [4.78, 5) is 38.4. The first-order chi connectivity index (χ1) is 40.5. The van der Waals surface area contributed by atoms with E-state index >= 15 is 0 Å². The number of carbonyl (C=O) groups excluding carboxylic acids is 3. The molecule has 0 amide bonds. The van der Waals surface area contributed by atoms with Crippen LogP contribution in [0.15, 0.2) is 24.3 Å². The van der Waals surface area contributed by atoms with Crippen molar-refractivity contribution in [2.24, 2.45) is 0 Å². The number of unbranched alkanes of at least 4 members (excludes halogenated alkanes) is 55. The number of hydrogen-bond donors (Lipinski definition) is 0. The Bertz CT molecular complexity index is 1320. The van der Waals surface area contributed by atoms with Crippen LogP contribution in [0, 0.1) is 0 Å². The van der Waals surface area contributed by atoms with Crippen molar-refractivity contribution in [3.8, 4) is 0 Å². The molecule has 0 rings (SSSR count). The molecule has 0 saturated heterocycles. The number of carbonyl (C=O) groups is 3. The Morgan fingerprint density at radius 1 is 0.244 bits per heavy atom. The average Bonchev–Trinajstić information content (AvgIpc) is 3.47. The summed E-state index contributed by atoms with van der Waals surface area (Å²) in [5.41, 5.74) is 0. The summed E-state index contributed by atoms with van der Waals surface area (Å²) in [6.07, 6.45) is 88.2. The largest absolute Gasteiger partial charge is 0.462 e. The second-order valence-corrected chi connectivity index (χ2v) is 25.6. The fraction of sp³-hybridized carbons (Fsp3) is 0.908. The Kier molecular flexibility index (Phi) is 69.5. The maximum absolute atomic E-state index is 12.9. The van der Waals surface area contributed by atoms with Crippen molar-refractivity contribution in [3.05, 3.63) is 24.3 Å². The lowest BCUT2D eigenvalue weighted by molar-refractivity contribution is -0.167. The van der Waals surface area contributed by atoms with Crippen LogP contribution < -0.4 is 0 Å². The molecule has 0 spiro atoms. The number of esters is 3. The van der Waals surface area contributed by atoms with E-state index in [4.69, 9.17) is 14.2 Å². The van der Waals surface area contributed by atoms with Crippen molar-refractivity contribution < 1.29 is 28.6 Å². The molecule has 0 aromatic rings. The van der Waals surface area contributed by atoms with Crippen LogP contribution in [-0.4, -0.2) is 37.2 Å². The first kappa shape index (κ1) is 79.9. The van der Waals surface area contributed by atoms with Crippen LogP contribution in [0.3, 0.4) is 0 Å². The third-order valence-electron chi connectivity index (χ3n) is 17.2. The fourth-order valence-corrected chi connectivity index (χ4v) is 11.6. The van der Waals surface area contributed by atoms with Gasteiger partial charge in [0.05, 0.1) is 0 Å². The highest BCUT2D eigenvalue weighted by Gasteiger charge is 2.20. The van der Waals surface area contributed by atoms with Gasteiger partial charge in [0, 0.05) is 19.3 Å². The van der Waals surface area contributed by atoms with Gasteiger partial charge in [0.1, 0.15) is 13.2 Å². The van der Waals surface area contributed by atoms with Crippen molar-refractivity contribution >= 4 is 17.9 Å². The van der Waals surface area contributed by atoms with E-state index < -0.39 is 6.10 Å². The van der Waals surface area contributed by atoms with Crippen LogP contribution >= 0.6 is 0 Å². The number of rotatable bonds is 70. The minimum absolute atomic E-state index is 0.0694. The molecule has 0 aromatic heterocycles. The number of hydrogen-bond acceptors (Lipinski definition) is 6. The molecule has 1 atom stereocenters. The molecule has 0 aliphatic carbocycles. The molecule has 0 saturated carbocycles. The Hall–Kier alpha value is -2.11. The van der Waals surface area contributed by atoms with Gasteiger partial charge in [-0.1, -0.05) is 385 Å². The van der Waals surface area contributed by atoms with Crippen LogP contribution in [0.1, 0.15) is 425 Å². The number of ether oxygens (including phenoxy) is 3. The van der Waals surface area contributed by atoms with Crippen LogP contribution in [0.25, 0.3) is 0 Å². The maximum atomic E-state index is 12.9. The van der Waals surface area contributed by atoms with Gasteiger partial charge in [-0.05, 0) is 44.9 Å². The van der Waals surface area contributed by atoms with Crippen molar-refractivity contribution in [2.75, 3.05) is 13.2 Å². The second-order valence-electron chi connectivity index (χ2n) is 25.6. The third kappa shape index (κ3) is 68.7. The highest BCUT2D eigenvalue weighted by atomic mass is 16.6. The highest BCUT2D eigenvalue weighted by Crippen LogP contribution is 2.20. The van der Waals surface area contributed by atoms with Gasteiger partial charge in [0.15, 0.2) is 6.10 Å². The Labute approximate surface area is 513 Å². The monoisotopic (exact) mass is 1150 g/mol. The van der Waals surface area contributed by atoms with Gasteiger partial charge in [-0.2, -0.15) is 0 Å². The molecule has 0 fully saturated rings. The molecule has 0 aliphatic heterocycles. The average molecular weight is 1150 g/mol. The van der Waals surface area contributed by atoms with Gasteiger partial charge in [-0.15, -0.1) is 0 Å². The second kappa shape index (κ2) is 71.4. The molecule has 0 heterocycles. The lowest BCUT2D eigenvalue weighted by Gasteiger charge is -2.18. The summed E-state index contributed by atoms with van der Waals surface area (Å²) in [5.74, 6) is -0.852. The van der Waals surface area contributed by atoms with Gasteiger partial charge in [0.2, 0.25) is 0 Å². The Morgan fingerprint density at radius 3 is 0.720 bits per heavy atom. The van der Waals surface area contributed by atoms with Crippen LogP contribution in [0.4, 0.5) is 0 Å². The molecule has 82 heavy (non-hydrogen) atoms.